The van der Waals surface area contributed by atoms with Gasteiger partial charge < -0.3 is 9.47 Å². The molecule has 0 atom stereocenters. The Hall–Kier alpha value is -2.38. The summed E-state index contributed by atoms with van der Waals surface area (Å²) in [6, 6.07) is 10.6. The lowest BCUT2D eigenvalue weighted by Crippen LogP contribution is -2.31. The highest BCUT2D eigenvalue weighted by Gasteiger charge is 2.16. The van der Waals surface area contributed by atoms with Crippen LogP contribution >= 0.6 is 0 Å². The van der Waals surface area contributed by atoms with Crippen LogP contribution in [0, 0.1) is 27.7 Å². The quantitative estimate of drug-likeness (QED) is 0.553. The molecule has 27 heavy (non-hydrogen) atoms. The third kappa shape index (κ3) is 6.37. The van der Waals surface area contributed by atoms with Crippen molar-refractivity contribution in [2.24, 2.45) is 0 Å². The van der Waals surface area contributed by atoms with Crippen molar-refractivity contribution < 1.29 is 22.7 Å². The van der Waals surface area contributed by atoms with E-state index in [2.05, 4.69) is 4.72 Å². The van der Waals surface area contributed by atoms with Crippen LogP contribution in [0.1, 0.15) is 22.3 Å². The average molecular weight is 391 g/mol. The number of rotatable bonds is 8. The predicted octanol–water partition coefficient (Wildman–Crippen LogP) is 2.82. The van der Waals surface area contributed by atoms with Gasteiger partial charge in [-0.3, -0.25) is 4.79 Å². The first-order valence-electron chi connectivity index (χ1n) is 8.61. The van der Waals surface area contributed by atoms with Gasteiger partial charge in [-0.15, -0.1) is 0 Å². The third-order valence-corrected chi connectivity index (χ3v) is 5.40. The molecule has 0 fully saturated rings. The largest absolute Gasteiger partial charge is 0.490 e. The first kappa shape index (κ1) is 20.9. The molecule has 2 rings (SSSR count). The molecule has 6 nitrogen and oxygen atoms in total. The number of benzene rings is 2. The van der Waals surface area contributed by atoms with Gasteiger partial charge in [-0.05, 0) is 74.2 Å². The topological polar surface area (TPSA) is 81.7 Å². The molecule has 0 unspecified atom stereocenters. The number of aryl methyl sites for hydroxylation is 4. The molecule has 0 heterocycles. The maximum absolute atomic E-state index is 12.2. The summed E-state index contributed by atoms with van der Waals surface area (Å²) in [6.07, 6.45) is 0. The Morgan fingerprint density at radius 2 is 1.59 bits per heavy atom. The molecule has 1 N–H and O–H groups in total. The Morgan fingerprint density at radius 1 is 0.926 bits per heavy atom. The van der Waals surface area contributed by atoms with Gasteiger partial charge in [0.15, 0.2) is 0 Å². The van der Waals surface area contributed by atoms with Gasteiger partial charge in [0.05, 0.1) is 4.90 Å². The van der Waals surface area contributed by atoms with Crippen molar-refractivity contribution >= 4 is 16.0 Å². The molecule has 0 aliphatic rings. The van der Waals surface area contributed by atoms with Crippen molar-refractivity contribution in [1.82, 2.24) is 4.72 Å². The minimum absolute atomic E-state index is 0.0389. The molecular weight excluding hydrogens is 366 g/mol. The number of carbonyl (C=O) groups is 1. The molecule has 0 bridgehead atoms. The number of ether oxygens (including phenoxy) is 2. The van der Waals surface area contributed by atoms with E-state index in [-0.39, 0.29) is 18.1 Å². The van der Waals surface area contributed by atoms with Crippen molar-refractivity contribution in [2.75, 3.05) is 19.8 Å². The second-order valence-corrected chi connectivity index (χ2v) is 8.23. The van der Waals surface area contributed by atoms with Crippen LogP contribution in [-0.4, -0.2) is 34.1 Å². The van der Waals surface area contributed by atoms with Crippen molar-refractivity contribution in [2.45, 2.75) is 32.6 Å². The molecule has 2 aromatic rings. The number of hydrogen-bond donors (Lipinski definition) is 1. The van der Waals surface area contributed by atoms with Crippen molar-refractivity contribution in [3.05, 3.63) is 58.7 Å². The summed E-state index contributed by atoms with van der Waals surface area (Å²) in [6.45, 7) is 7.48. The molecule has 0 radical (unpaired) electrons. The van der Waals surface area contributed by atoms with Crippen LogP contribution in [-0.2, 0) is 19.6 Å². The van der Waals surface area contributed by atoms with Crippen molar-refractivity contribution in [1.29, 1.82) is 0 Å². The zero-order valence-electron chi connectivity index (χ0n) is 16.0. The molecule has 0 amide bonds. The fraction of sp³-hybridized carbons (Fsp3) is 0.350. The van der Waals surface area contributed by atoms with Crippen LogP contribution < -0.4 is 9.46 Å². The molecule has 0 saturated carbocycles. The Labute approximate surface area is 160 Å². The number of sulfonamides is 1. The molecule has 0 aliphatic heterocycles. The molecule has 0 saturated heterocycles. The van der Waals surface area contributed by atoms with Crippen LogP contribution in [0.25, 0.3) is 0 Å². The van der Waals surface area contributed by atoms with Crippen LogP contribution in [0.3, 0.4) is 0 Å². The maximum Gasteiger partial charge on any atom is 0.321 e. The van der Waals surface area contributed by atoms with Crippen LogP contribution in [0.4, 0.5) is 0 Å². The average Bonchev–Trinajstić information content (AvgIpc) is 2.58. The molecule has 7 heteroatoms. The first-order valence-corrected chi connectivity index (χ1v) is 10.1. The van der Waals surface area contributed by atoms with Crippen LogP contribution in [0.15, 0.2) is 41.3 Å². The monoisotopic (exact) mass is 391 g/mol. The van der Waals surface area contributed by atoms with Gasteiger partial charge in [-0.1, -0.05) is 12.1 Å². The number of nitrogens with one attached hydrogen (secondary N) is 1. The molecule has 0 spiro atoms. The van der Waals surface area contributed by atoms with E-state index in [1.54, 1.807) is 12.1 Å². The maximum atomic E-state index is 12.2. The van der Waals surface area contributed by atoms with E-state index < -0.39 is 22.5 Å². The second-order valence-electron chi connectivity index (χ2n) is 6.46. The van der Waals surface area contributed by atoms with Gasteiger partial charge in [0.25, 0.3) is 0 Å². The Balaban J connectivity index is 1.77. The third-order valence-electron chi connectivity index (χ3n) is 4.01. The van der Waals surface area contributed by atoms with E-state index in [1.165, 1.54) is 6.07 Å². The lowest BCUT2D eigenvalue weighted by molar-refractivity contribution is -0.142. The number of carbonyl (C=O) groups excluding carboxylic acids is 1. The van der Waals surface area contributed by atoms with Gasteiger partial charge in [0.1, 0.15) is 25.5 Å². The highest BCUT2D eigenvalue weighted by molar-refractivity contribution is 7.89. The van der Waals surface area contributed by atoms with E-state index in [0.29, 0.717) is 5.75 Å². The van der Waals surface area contributed by atoms with E-state index in [1.807, 2.05) is 45.9 Å². The normalized spacial score (nSPS) is 11.3. The molecule has 0 aromatic heterocycles. The second kappa shape index (κ2) is 9.01. The molecule has 146 valence electrons. The van der Waals surface area contributed by atoms with Gasteiger partial charge in [-0.25, -0.2) is 8.42 Å². The van der Waals surface area contributed by atoms with Gasteiger partial charge >= 0.3 is 5.97 Å². The summed E-state index contributed by atoms with van der Waals surface area (Å²) in [5, 5.41) is 0. The fourth-order valence-corrected chi connectivity index (χ4v) is 3.55. The summed E-state index contributed by atoms with van der Waals surface area (Å²) < 4.78 is 37.3. The Kier molecular flexibility index (Phi) is 6.98. The summed E-state index contributed by atoms with van der Waals surface area (Å²) >= 11 is 0. The lowest BCUT2D eigenvalue weighted by atomic mass is 10.1. The smallest absolute Gasteiger partial charge is 0.321 e. The highest BCUT2D eigenvalue weighted by atomic mass is 32.2. The fourth-order valence-electron chi connectivity index (χ4n) is 2.50. The first-order chi connectivity index (χ1) is 12.7. The van der Waals surface area contributed by atoms with Crippen LogP contribution in [0.5, 0.6) is 5.75 Å². The lowest BCUT2D eigenvalue weighted by Gasteiger charge is -2.10. The van der Waals surface area contributed by atoms with Gasteiger partial charge in [-0.2, -0.15) is 4.72 Å². The minimum Gasteiger partial charge on any atom is -0.490 e. The van der Waals surface area contributed by atoms with Crippen LogP contribution in [0.2, 0.25) is 0 Å². The SMILES string of the molecule is Cc1cc(C)cc(OCCOC(=O)CNS(=O)(=O)c2ccc(C)c(C)c2)c1. The highest BCUT2D eigenvalue weighted by Crippen LogP contribution is 2.16. The van der Waals surface area contributed by atoms with Gasteiger partial charge in [0.2, 0.25) is 10.0 Å². The summed E-state index contributed by atoms with van der Waals surface area (Å²) in [7, 11) is -3.76. The summed E-state index contributed by atoms with van der Waals surface area (Å²) in [4.78, 5) is 11.9. The van der Waals surface area contributed by atoms with Crippen molar-refractivity contribution in [3.63, 3.8) is 0 Å². The minimum atomic E-state index is -3.76. The van der Waals surface area contributed by atoms with Gasteiger partial charge in [0, 0.05) is 0 Å². The van der Waals surface area contributed by atoms with E-state index in [9.17, 15) is 13.2 Å². The zero-order valence-corrected chi connectivity index (χ0v) is 16.9. The van der Waals surface area contributed by atoms with Crippen molar-refractivity contribution in [3.8, 4) is 5.75 Å². The van der Waals surface area contributed by atoms with E-state index >= 15 is 0 Å². The van der Waals surface area contributed by atoms with E-state index in [0.717, 1.165) is 22.3 Å². The Morgan fingerprint density at radius 3 is 2.22 bits per heavy atom. The molecule has 0 aliphatic carbocycles. The predicted molar refractivity (Wildman–Crippen MR) is 103 cm³/mol. The van der Waals surface area contributed by atoms with E-state index in [4.69, 9.17) is 9.47 Å². The summed E-state index contributed by atoms with van der Waals surface area (Å²) in [5.41, 5.74) is 4.03. The number of hydrogen-bond acceptors (Lipinski definition) is 5. The molecule has 2 aromatic carbocycles. The standard InChI is InChI=1S/C20H25NO5S/c1-14-9-15(2)11-18(10-14)25-7-8-26-20(22)13-21-27(23,24)19-6-5-16(3)17(4)12-19/h5-6,9-12,21H,7-8,13H2,1-4H3. The summed E-state index contributed by atoms with van der Waals surface area (Å²) in [5.74, 6) is 0.0467. The number of esters is 1. The molecular formula is C20H25NO5S. The zero-order chi connectivity index (χ0) is 20.0. The Bertz CT molecular complexity index is 902.